The number of methoxy groups -OCH3 is 1. The molecule has 0 saturated carbocycles. The molecule has 1 aromatic rings. The van der Waals surface area contributed by atoms with Crippen molar-refractivity contribution in [3.05, 3.63) is 36.9 Å². The highest BCUT2D eigenvalue weighted by Gasteiger charge is 2.07. The highest BCUT2D eigenvalue weighted by Crippen LogP contribution is 2.29. The van der Waals surface area contributed by atoms with Crippen molar-refractivity contribution in [2.45, 2.75) is 18.7 Å². The third kappa shape index (κ3) is 9.10. The number of guanidine groups is 1. The fourth-order valence-electron chi connectivity index (χ4n) is 1.78. The molecule has 0 saturated heterocycles. The summed E-state index contributed by atoms with van der Waals surface area (Å²) in [6.45, 7) is 10.3. The second-order valence-corrected chi connectivity index (χ2v) is 6.02. The Morgan fingerprint density at radius 1 is 1.39 bits per heavy atom. The van der Waals surface area contributed by atoms with E-state index in [4.69, 9.17) is 4.74 Å². The maximum absolute atomic E-state index is 5.37. The molecule has 1 atom stereocenters. The van der Waals surface area contributed by atoms with Crippen LogP contribution in [0, 0.1) is 5.92 Å². The number of hydrogen-bond donors (Lipinski definition) is 2. The summed E-state index contributed by atoms with van der Waals surface area (Å²) in [7, 11) is 1.71. The van der Waals surface area contributed by atoms with Gasteiger partial charge in [-0.25, -0.2) is 0 Å². The average molecular weight is 449 g/mol. The average Bonchev–Trinajstić information content (AvgIpc) is 2.55. The maximum Gasteiger partial charge on any atom is 0.191 e. The Kier molecular flexibility index (Phi) is 13.0. The SMILES string of the molecule is C=CCNC(=NCC(C)CSc1ccccc1OC)NCC.I. The smallest absolute Gasteiger partial charge is 0.191 e. The lowest BCUT2D eigenvalue weighted by Gasteiger charge is -2.13. The molecule has 0 aliphatic heterocycles. The minimum atomic E-state index is 0. The molecule has 1 rings (SSSR count). The number of thioether (sulfide) groups is 1. The maximum atomic E-state index is 5.37. The summed E-state index contributed by atoms with van der Waals surface area (Å²) in [5.74, 6) is 3.26. The molecule has 0 aliphatic rings. The quantitative estimate of drug-likeness (QED) is 0.198. The summed E-state index contributed by atoms with van der Waals surface area (Å²) in [5, 5.41) is 6.44. The van der Waals surface area contributed by atoms with E-state index < -0.39 is 0 Å². The number of halogens is 1. The van der Waals surface area contributed by atoms with Crippen LogP contribution in [0.2, 0.25) is 0 Å². The van der Waals surface area contributed by atoms with E-state index in [9.17, 15) is 0 Å². The van der Waals surface area contributed by atoms with Crippen LogP contribution in [0.4, 0.5) is 0 Å². The third-order valence-corrected chi connectivity index (χ3v) is 4.30. The van der Waals surface area contributed by atoms with Gasteiger partial charge in [-0.15, -0.1) is 42.3 Å². The van der Waals surface area contributed by atoms with Crippen LogP contribution in [-0.2, 0) is 0 Å². The van der Waals surface area contributed by atoms with Gasteiger partial charge in [-0.05, 0) is 25.0 Å². The predicted octanol–water partition coefficient (Wildman–Crippen LogP) is 3.78. The van der Waals surface area contributed by atoms with Gasteiger partial charge < -0.3 is 15.4 Å². The molecule has 23 heavy (non-hydrogen) atoms. The van der Waals surface area contributed by atoms with Crippen LogP contribution < -0.4 is 15.4 Å². The van der Waals surface area contributed by atoms with Crippen LogP contribution in [0.3, 0.4) is 0 Å². The lowest BCUT2D eigenvalue weighted by molar-refractivity contribution is 0.405. The second kappa shape index (κ2) is 13.5. The van der Waals surface area contributed by atoms with Gasteiger partial charge in [0.1, 0.15) is 5.75 Å². The molecule has 130 valence electrons. The van der Waals surface area contributed by atoms with Gasteiger partial charge in [0, 0.05) is 30.3 Å². The summed E-state index contributed by atoms with van der Waals surface area (Å²) >= 11 is 1.81. The molecule has 0 heterocycles. The van der Waals surface area contributed by atoms with Crippen LogP contribution in [0.1, 0.15) is 13.8 Å². The van der Waals surface area contributed by atoms with E-state index in [-0.39, 0.29) is 24.0 Å². The number of hydrogen-bond acceptors (Lipinski definition) is 3. The number of nitrogens with one attached hydrogen (secondary N) is 2. The molecule has 0 fully saturated rings. The zero-order chi connectivity index (χ0) is 16.2. The van der Waals surface area contributed by atoms with Gasteiger partial charge in [0.2, 0.25) is 0 Å². The Hall–Kier alpha value is -0.890. The van der Waals surface area contributed by atoms with Crippen molar-refractivity contribution < 1.29 is 4.74 Å². The van der Waals surface area contributed by atoms with Crippen LogP contribution in [0.15, 0.2) is 46.8 Å². The Morgan fingerprint density at radius 3 is 2.78 bits per heavy atom. The molecule has 0 spiro atoms. The van der Waals surface area contributed by atoms with Crippen LogP contribution in [0.25, 0.3) is 0 Å². The van der Waals surface area contributed by atoms with Crippen molar-refractivity contribution in [1.82, 2.24) is 10.6 Å². The number of nitrogens with zero attached hydrogens (tertiary/aromatic N) is 1. The van der Waals surface area contributed by atoms with Crippen molar-refractivity contribution in [3.8, 4) is 5.75 Å². The fraction of sp³-hybridized carbons (Fsp3) is 0.471. The first-order valence-electron chi connectivity index (χ1n) is 7.60. The van der Waals surface area contributed by atoms with Crippen molar-refractivity contribution in [2.75, 3.05) is 32.5 Å². The zero-order valence-electron chi connectivity index (χ0n) is 14.2. The highest BCUT2D eigenvalue weighted by atomic mass is 127. The van der Waals surface area contributed by atoms with Crippen molar-refractivity contribution in [2.24, 2.45) is 10.9 Å². The summed E-state index contributed by atoms with van der Waals surface area (Å²) in [5.41, 5.74) is 0. The molecule has 6 heteroatoms. The largest absolute Gasteiger partial charge is 0.496 e. The van der Waals surface area contributed by atoms with E-state index in [1.54, 1.807) is 7.11 Å². The van der Waals surface area contributed by atoms with Crippen LogP contribution in [-0.4, -0.2) is 38.5 Å². The second-order valence-electron chi connectivity index (χ2n) is 4.96. The lowest BCUT2D eigenvalue weighted by Crippen LogP contribution is -2.37. The van der Waals surface area contributed by atoms with E-state index in [1.165, 1.54) is 4.90 Å². The summed E-state index contributed by atoms with van der Waals surface area (Å²) in [6.07, 6.45) is 1.83. The molecule has 0 radical (unpaired) electrons. The van der Waals surface area contributed by atoms with Crippen molar-refractivity contribution in [3.63, 3.8) is 0 Å². The first-order valence-corrected chi connectivity index (χ1v) is 8.58. The van der Waals surface area contributed by atoms with Gasteiger partial charge >= 0.3 is 0 Å². The molecule has 0 aliphatic carbocycles. The van der Waals surface area contributed by atoms with Crippen molar-refractivity contribution >= 4 is 41.7 Å². The van der Waals surface area contributed by atoms with Gasteiger partial charge in [-0.3, -0.25) is 4.99 Å². The number of rotatable bonds is 9. The summed E-state index contributed by atoms with van der Waals surface area (Å²) in [6, 6.07) is 8.11. The molecule has 0 amide bonds. The first kappa shape index (κ1) is 22.1. The number of benzene rings is 1. The van der Waals surface area contributed by atoms with E-state index in [0.29, 0.717) is 5.92 Å². The molecular weight excluding hydrogens is 421 g/mol. The van der Waals surface area contributed by atoms with E-state index >= 15 is 0 Å². The Morgan fingerprint density at radius 2 is 2.13 bits per heavy atom. The standard InChI is InChI=1S/C17H27N3OS.HI/c1-5-11-19-17(18-6-2)20-12-14(3)13-22-16-10-8-7-9-15(16)21-4;/h5,7-10,14H,1,6,11-13H2,2-4H3,(H2,18,19,20);1H. The topological polar surface area (TPSA) is 45.7 Å². The molecule has 1 unspecified atom stereocenters. The molecule has 0 bridgehead atoms. The van der Waals surface area contributed by atoms with Crippen molar-refractivity contribution in [1.29, 1.82) is 0 Å². The minimum absolute atomic E-state index is 0. The molecule has 2 N–H and O–H groups in total. The zero-order valence-corrected chi connectivity index (χ0v) is 17.3. The number of aliphatic imine (C=N–C) groups is 1. The van der Waals surface area contributed by atoms with E-state index in [0.717, 1.165) is 37.1 Å². The molecule has 0 aromatic heterocycles. The van der Waals surface area contributed by atoms with Crippen LogP contribution >= 0.6 is 35.7 Å². The van der Waals surface area contributed by atoms with E-state index in [1.807, 2.05) is 36.0 Å². The van der Waals surface area contributed by atoms with Gasteiger partial charge in [-0.1, -0.05) is 25.1 Å². The van der Waals surface area contributed by atoms with E-state index in [2.05, 4.69) is 42.1 Å². The fourth-order valence-corrected chi connectivity index (χ4v) is 2.82. The molecule has 1 aromatic carbocycles. The van der Waals surface area contributed by atoms with Gasteiger partial charge in [0.15, 0.2) is 5.96 Å². The third-order valence-electron chi connectivity index (χ3n) is 2.91. The number of para-hydroxylation sites is 1. The predicted molar refractivity (Wildman–Crippen MR) is 112 cm³/mol. The Bertz CT molecular complexity index is 483. The number of ether oxygens (including phenoxy) is 1. The molecular formula is C17H28IN3OS. The highest BCUT2D eigenvalue weighted by molar-refractivity contribution is 14.0. The first-order chi connectivity index (χ1) is 10.7. The Labute approximate surface area is 161 Å². The summed E-state index contributed by atoms with van der Waals surface area (Å²) in [4.78, 5) is 5.79. The normalized spacial score (nSPS) is 12.0. The van der Waals surface area contributed by atoms with Gasteiger partial charge in [0.25, 0.3) is 0 Å². The minimum Gasteiger partial charge on any atom is -0.496 e. The lowest BCUT2D eigenvalue weighted by atomic mass is 10.2. The monoisotopic (exact) mass is 449 g/mol. The molecule has 4 nitrogen and oxygen atoms in total. The summed E-state index contributed by atoms with van der Waals surface area (Å²) < 4.78 is 5.37. The van der Waals surface area contributed by atoms with Gasteiger partial charge in [-0.2, -0.15) is 0 Å². The Balaban J connectivity index is 0.00000484. The van der Waals surface area contributed by atoms with Crippen LogP contribution in [0.5, 0.6) is 5.75 Å². The van der Waals surface area contributed by atoms with Gasteiger partial charge in [0.05, 0.1) is 7.11 Å².